The number of allylic oxidation sites excluding steroid dienone is 8. The van der Waals surface area contributed by atoms with E-state index in [-0.39, 0.29) is 5.76 Å². The summed E-state index contributed by atoms with van der Waals surface area (Å²) in [6.45, 7) is 25.2. The molecule has 0 aliphatic carbocycles. The molecule has 1 heterocycles. The first-order chi connectivity index (χ1) is 17.3. The van der Waals surface area contributed by atoms with Crippen molar-refractivity contribution in [3.8, 4) is 0 Å². The van der Waals surface area contributed by atoms with Gasteiger partial charge in [0.15, 0.2) is 0 Å². The molecule has 1 atom stereocenters. The Morgan fingerprint density at radius 1 is 1.08 bits per heavy atom. The predicted octanol–water partition coefficient (Wildman–Crippen LogP) is 10.3. The molecule has 2 aromatic rings. The number of hydrogen-bond acceptors (Lipinski definition) is 3. The van der Waals surface area contributed by atoms with Gasteiger partial charge in [-0.3, -0.25) is 0 Å². The van der Waals surface area contributed by atoms with Crippen LogP contribution in [-0.2, 0) is 0 Å². The first kappa shape index (κ1) is 30.0. The van der Waals surface area contributed by atoms with Crippen molar-refractivity contribution in [3.63, 3.8) is 0 Å². The van der Waals surface area contributed by atoms with Crippen LogP contribution in [0.25, 0.3) is 17.2 Å². The second-order valence-corrected chi connectivity index (χ2v) is 11.1. The van der Waals surface area contributed by atoms with Crippen molar-refractivity contribution in [2.45, 2.75) is 61.8 Å². The molecule has 0 saturated heterocycles. The number of carbonyl (C=O) groups is 1. The van der Waals surface area contributed by atoms with Crippen molar-refractivity contribution in [2.75, 3.05) is 0 Å². The summed E-state index contributed by atoms with van der Waals surface area (Å²) < 4.78 is 5.54. The van der Waals surface area contributed by atoms with Gasteiger partial charge in [0, 0.05) is 4.91 Å². The lowest BCUT2D eigenvalue weighted by Crippen LogP contribution is -2.00. The fourth-order valence-electron chi connectivity index (χ4n) is 3.96. The van der Waals surface area contributed by atoms with E-state index in [1.54, 1.807) is 17.8 Å². The lowest BCUT2D eigenvalue weighted by molar-refractivity contribution is 0.0662. The van der Waals surface area contributed by atoms with Crippen LogP contribution in [0.1, 0.15) is 87.9 Å². The summed E-state index contributed by atoms with van der Waals surface area (Å²) in [5.74, 6) is -0.225. The van der Waals surface area contributed by atoms with Crippen LogP contribution in [0.2, 0.25) is 0 Å². The van der Waals surface area contributed by atoms with E-state index in [9.17, 15) is 9.90 Å². The second-order valence-electron chi connectivity index (χ2n) is 9.75. The first-order valence-corrected chi connectivity index (χ1v) is 13.4. The third-order valence-electron chi connectivity index (χ3n) is 6.35. The molecule has 37 heavy (non-hydrogen) atoms. The van der Waals surface area contributed by atoms with E-state index >= 15 is 0 Å². The van der Waals surface area contributed by atoms with Gasteiger partial charge >= 0.3 is 5.97 Å². The summed E-state index contributed by atoms with van der Waals surface area (Å²) in [5.41, 5.74) is 8.99. The van der Waals surface area contributed by atoms with Crippen LogP contribution in [0.3, 0.4) is 0 Å². The van der Waals surface area contributed by atoms with Crippen molar-refractivity contribution in [1.82, 2.24) is 0 Å². The van der Waals surface area contributed by atoms with Crippen molar-refractivity contribution < 1.29 is 14.3 Å². The normalized spacial score (nSPS) is 13.4. The number of aromatic carboxylic acids is 1. The zero-order valence-corrected chi connectivity index (χ0v) is 24.3. The molecule has 196 valence electrons. The van der Waals surface area contributed by atoms with Crippen LogP contribution >= 0.6 is 11.8 Å². The highest BCUT2D eigenvalue weighted by molar-refractivity contribution is 8.06. The van der Waals surface area contributed by atoms with E-state index < -0.39 is 5.97 Å². The van der Waals surface area contributed by atoms with E-state index in [1.165, 1.54) is 28.3 Å². The van der Waals surface area contributed by atoms with Gasteiger partial charge in [-0.05, 0) is 116 Å². The third kappa shape index (κ3) is 8.13. The number of carboxylic acid groups (broad SMARTS) is 1. The smallest absolute Gasteiger partial charge is 0.371 e. The molecule has 1 unspecified atom stereocenters. The maximum absolute atomic E-state index is 11.2. The van der Waals surface area contributed by atoms with Gasteiger partial charge in [0.2, 0.25) is 5.76 Å². The Bertz CT molecular complexity index is 1310. The lowest BCUT2D eigenvalue weighted by atomic mass is 9.88. The molecule has 0 spiro atoms. The van der Waals surface area contributed by atoms with Gasteiger partial charge in [0.05, 0.1) is 0 Å². The van der Waals surface area contributed by atoms with Crippen LogP contribution in [0.5, 0.6) is 0 Å². The summed E-state index contributed by atoms with van der Waals surface area (Å²) in [4.78, 5) is 13.4. The minimum Gasteiger partial charge on any atom is -0.475 e. The van der Waals surface area contributed by atoms with Gasteiger partial charge in [-0.25, -0.2) is 4.79 Å². The van der Waals surface area contributed by atoms with Crippen molar-refractivity contribution in [2.24, 2.45) is 5.92 Å². The average Bonchev–Trinajstić information content (AvgIpc) is 3.35. The fraction of sp³-hybridized carbons (Fsp3) is 0.303. The van der Waals surface area contributed by atoms with E-state index in [0.717, 1.165) is 38.5 Å². The molecule has 3 nitrogen and oxygen atoms in total. The van der Waals surface area contributed by atoms with Gasteiger partial charge in [-0.2, -0.15) is 0 Å². The largest absolute Gasteiger partial charge is 0.475 e. The Hall–Kier alpha value is -3.24. The Kier molecular flexibility index (Phi) is 10.8. The standard InChI is InChI=1S/C33H40O3S/c1-11-22(6)29(18-25(9)30-16-17-31(36-30)33(34)35)26(10)28-15-12-23(7)27(19-28)14-13-24(8)32(20(2)3)37-21(4)5/h12-19,22H,4,8,11H2,1-3,5-7,9-10H3,(H,34,35)/b14-13-,25-18+,29-26-. The Labute approximate surface area is 227 Å². The molecule has 0 saturated carbocycles. The molecular formula is C33H40O3S. The van der Waals surface area contributed by atoms with Gasteiger partial charge in [0.1, 0.15) is 5.76 Å². The number of benzene rings is 1. The van der Waals surface area contributed by atoms with Crippen molar-refractivity contribution >= 4 is 35.0 Å². The van der Waals surface area contributed by atoms with E-state index in [1.807, 2.05) is 13.8 Å². The summed E-state index contributed by atoms with van der Waals surface area (Å²) >= 11 is 1.66. The highest BCUT2D eigenvalue weighted by Gasteiger charge is 2.14. The van der Waals surface area contributed by atoms with Gasteiger partial charge in [-0.1, -0.05) is 74.7 Å². The molecule has 4 heteroatoms. The fourth-order valence-corrected chi connectivity index (χ4v) is 4.71. The Morgan fingerprint density at radius 2 is 1.73 bits per heavy atom. The van der Waals surface area contributed by atoms with Crippen LogP contribution in [0.4, 0.5) is 0 Å². The number of aryl methyl sites for hydroxylation is 1. The zero-order chi connectivity index (χ0) is 27.9. The van der Waals surface area contributed by atoms with Crippen LogP contribution in [0, 0.1) is 12.8 Å². The zero-order valence-electron chi connectivity index (χ0n) is 23.5. The van der Waals surface area contributed by atoms with Gasteiger partial charge in [0.25, 0.3) is 0 Å². The van der Waals surface area contributed by atoms with Crippen molar-refractivity contribution in [3.05, 3.63) is 110 Å². The molecule has 0 amide bonds. The number of carboxylic acids is 1. The molecule has 0 aliphatic heterocycles. The molecule has 2 rings (SSSR count). The summed E-state index contributed by atoms with van der Waals surface area (Å²) in [6, 6.07) is 9.76. The average molecular weight is 517 g/mol. The number of hydrogen-bond donors (Lipinski definition) is 1. The summed E-state index contributed by atoms with van der Waals surface area (Å²) in [7, 11) is 0. The molecule has 0 fully saturated rings. The highest BCUT2D eigenvalue weighted by Crippen LogP contribution is 2.34. The second kappa shape index (κ2) is 13.3. The van der Waals surface area contributed by atoms with Gasteiger partial charge < -0.3 is 9.52 Å². The summed E-state index contributed by atoms with van der Waals surface area (Å²) in [5, 5.41) is 9.21. The SMILES string of the molecule is C=C(C)SC(C(=C)/C=C\c1cc(/C(C)=C(/C=C(\C)c2ccc(C(=O)O)o2)C(C)CC)ccc1C)=C(C)C. The lowest BCUT2D eigenvalue weighted by Gasteiger charge is -2.17. The maximum atomic E-state index is 11.2. The molecule has 1 aromatic carbocycles. The minimum atomic E-state index is -1.06. The Balaban J connectivity index is 2.51. The monoisotopic (exact) mass is 516 g/mol. The first-order valence-electron chi connectivity index (χ1n) is 12.6. The predicted molar refractivity (Wildman–Crippen MR) is 161 cm³/mol. The number of thioether (sulfide) groups is 1. The van der Waals surface area contributed by atoms with Crippen LogP contribution in [0.15, 0.2) is 86.6 Å². The number of rotatable bonds is 11. The molecule has 0 bridgehead atoms. The maximum Gasteiger partial charge on any atom is 0.371 e. The van der Waals surface area contributed by atoms with Crippen molar-refractivity contribution in [1.29, 1.82) is 0 Å². The minimum absolute atomic E-state index is 0.0528. The van der Waals surface area contributed by atoms with E-state index in [4.69, 9.17) is 4.42 Å². The quantitative estimate of drug-likeness (QED) is 0.302. The molecular weight excluding hydrogens is 476 g/mol. The highest BCUT2D eigenvalue weighted by atomic mass is 32.2. The summed E-state index contributed by atoms with van der Waals surface area (Å²) in [6.07, 6.45) is 7.33. The third-order valence-corrected chi connectivity index (χ3v) is 7.58. The van der Waals surface area contributed by atoms with E-state index in [0.29, 0.717) is 11.7 Å². The number of furan rings is 1. The molecule has 0 radical (unpaired) electrons. The van der Waals surface area contributed by atoms with Gasteiger partial charge in [-0.15, -0.1) is 0 Å². The Morgan fingerprint density at radius 3 is 2.27 bits per heavy atom. The van der Waals surface area contributed by atoms with Crippen LogP contribution in [-0.4, -0.2) is 11.1 Å². The molecule has 1 aromatic heterocycles. The molecule has 0 aliphatic rings. The van der Waals surface area contributed by atoms with E-state index in [2.05, 4.69) is 91.1 Å². The topological polar surface area (TPSA) is 50.4 Å². The molecule has 1 N–H and O–H groups in total. The van der Waals surface area contributed by atoms with Crippen LogP contribution < -0.4 is 0 Å².